The number of nitrogens with zero attached hydrogens (tertiary/aromatic N) is 2. The van der Waals surface area contributed by atoms with Crippen LogP contribution in [0.2, 0.25) is 0 Å². The molecule has 1 saturated heterocycles. The molecule has 86 valence electrons. The highest BCUT2D eigenvalue weighted by molar-refractivity contribution is 5.63. The van der Waals surface area contributed by atoms with Gasteiger partial charge in [-0.1, -0.05) is 18.2 Å². The lowest BCUT2D eigenvalue weighted by Gasteiger charge is -2.54. The number of anilines is 1. The van der Waals surface area contributed by atoms with Gasteiger partial charge in [0.05, 0.1) is 5.54 Å². The molecule has 0 aliphatic carbocycles. The maximum absolute atomic E-state index is 2.64. The fraction of sp³-hybridized carbons (Fsp3) is 0.571. The molecule has 2 heteroatoms. The van der Waals surface area contributed by atoms with Gasteiger partial charge in [-0.05, 0) is 32.5 Å². The van der Waals surface area contributed by atoms with Crippen molar-refractivity contribution >= 4 is 5.69 Å². The average Bonchev–Trinajstić information content (AvgIpc) is 2.51. The number of likely N-dealkylation sites (tertiary alicyclic amines) is 1. The maximum Gasteiger partial charge on any atom is 0.0698 e. The van der Waals surface area contributed by atoms with Gasteiger partial charge >= 0.3 is 0 Å². The number of para-hydroxylation sites is 1. The van der Waals surface area contributed by atoms with E-state index in [-0.39, 0.29) is 0 Å². The lowest BCUT2D eigenvalue weighted by atomic mass is 9.85. The molecular formula is C14H20N2. The third-order valence-corrected chi connectivity index (χ3v) is 3.93. The molecule has 1 fully saturated rings. The highest BCUT2D eigenvalue weighted by Crippen LogP contribution is 2.44. The molecule has 0 saturated carbocycles. The summed E-state index contributed by atoms with van der Waals surface area (Å²) >= 11 is 0. The van der Waals surface area contributed by atoms with Crippen LogP contribution in [0.4, 0.5) is 5.69 Å². The van der Waals surface area contributed by atoms with E-state index in [0.29, 0.717) is 11.6 Å². The summed E-state index contributed by atoms with van der Waals surface area (Å²) in [6.45, 7) is 7.03. The molecule has 2 aliphatic heterocycles. The van der Waals surface area contributed by atoms with Gasteiger partial charge in [0.1, 0.15) is 0 Å². The molecule has 0 bridgehead atoms. The van der Waals surface area contributed by atoms with E-state index in [2.05, 4.69) is 55.0 Å². The van der Waals surface area contributed by atoms with E-state index in [1.165, 1.54) is 30.8 Å². The number of hydrogen-bond donors (Lipinski definition) is 0. The van der Waals surface area contributed by atoms with E-state index in [4.69, 9.17) is 0 Å². The molecule has 2 nitrogen and oxygen atoms in total. The number of fused-ring (bicyclic) bond motifs is 1. The second kappa shape index (κ2) is 3.24. The van der Waals surface area contributed by atoms with Crippen molar-refractivity contribution in [3.8, 4) is 0 Å². The van der Waals surface area contributed by atoms with Gasteiger partial charge in [-0.2, -0.15) is 0 Å². The fourth-order valence-corrected chi connectivity index (χ4v) is 3.64. The van der Waals surface area contributed by atoms with Crippen molar-refractivity contribution in [2.75, 3.05) is 25.0 Å². The standard InChI is InChI=1S/C14H20N2/c1-11(2)16-13-7-5-4-6-12(13)8-14(16)9-15(3)10-14/h4-7,11H,8-10H2,1-3H3. The number of hydrogen-bond acceptors (Lipinski definition) is 2. The molecule has 1 aromatic rings. The van der Waals surface area contributed by atoms with Crippen molar-refractivity contribution in [3.63, 3.8) is 0 Å². The minimum absolute atomic E-state index is 0.395. The fourth-order valence-electron chi connectivity index (χ4n) is 3.64. The Bertz CT molecular complexity index is 405. The maximum atomic E-state index is 2.64. The molecule has 2 heterocycles. The predicted octanol–water partition coefficient (Wildman–Crippen LogP) is 2.14. The first-order valence-corrected chi connectivity index (χ1v) is 6.18. The van der Waals surface area contributed by atoms with Crippen LogP contribution in [0.1, 0.15) is 19.4 Å². The van der Waals surface area contributed by atoms with Crippen LogP contribution in [-0.2, 0) is 6.42 Å². The average molecular weight is 216 g/mol. The van der Waals surface area contributed by atoms with E-state index in [0.717, 1.165) is 0 Å². The monoisotopic (exact) mass is 216 g/mol. The van der Waals surface area contributed by atoms with Crippen molar-refractivity contribution in [1.82, 2.24) is 4.90 Å². The molecule has 2 aliphatic rings. The minimum atomic E-state index is 0.395. The molecule has 0 amide bonds. The molecule has 1 aromatic carbocycles. The van der Waals surface area contributed by atoms with Crippen molar-refractivity contribution in [2.45, 2.75) is 31.8 Å². The zero-order valence-electron chi connectivity index (χ0n) is 10.4. The van der Waals surface area contributed by atoms with Crippen LogP contribution in [0.3, 0.4) is 0 Å². The van der Waals surface area contributed by atoms with Gasteiger partial charge in [0, 0.05) is 31.2 Å². The third-order valence-electron chi connectivity index (χ3n) is 3.93. The number of rotatable bonds is 1. The van der Waals surface area contributed by atoms with Gasteiger partial charge in [0.25, 0.3) is 0 Å². The summed E-state index contributed by atoms with van der Waals surface area (Å²) in [6, 6.07) is 9.49. The highest BCUT2D eigenvalue weighted by atomic mass is 15.4. The molecule has 16 heavy (non-hydrogen) atoms. The van der Waals surface area contributed by atoms with Crippen molar-refractivity contribution in [1.29, 1.82) is 0 Å². The van der Waals surface area contributed by atoms with Crippen LogP contribution in [-0.4, -0.2) is 36.6 Å². The first-order valence-electron chi connectivity index (χ1n) is 6.18. The minimum Gasteiger partial charge on any atom is -0.360 e. The lowest BCUT2D eigenvalue weighted by molar-refractivity contribution is 0.0932. The van der Waals surface area contributed by atoms with Crippen molar-refractivity contribution < 1.29 is 0 Å². The van der Waals surface area contributed by atoms with Gasteiger partial charge in [-0.15, -0.1) is 0 Å². The summed E-state index contributed by atoms with van der Waals surface area (Å²) in [5, 5.41) is 0. The predicted molar refractivity (Wildman–Crippen MR) is 68.0 cm³/mol. The zero-order valence-corrected chi connectivity index (χ0v) is 10.4. The first-order chi connectivity index (χ1) is 7.62. The van der Waals surface area contributed by atoms with E-state index >= 15 is 0 Å². The summed E-state index contributed by atoms with van der Waals surface area (Å²) in [7, 11) is 2.22. The first kappa shape index (κ1) is 10.2. The Morgan fingerprint density at radius 1 is 1.19 bits per heavy atom. The van der Waals surface area contributed by atoms with Gasteiger partial charge in [-0.3, -0.25) is 0 Å². The SMILES string of the molecule is CC(C)N1c2ccccc2CC12CN(C)C2. The Balaban J connectivity index is 2.02. The topological polar surface area (TPSA) is 6.48 Å². The largest absolute Gasteiger partial charge is 0.360 e. The molecule has 1 spiro atoms. The van der Waals surface area contributed by atoms with Crippen LogP contribution < -0.4 is 4.90 Å². The van der Waals surface area contributed by atoms with Crippen LogP contribution in [0.15, 0.2) is 24.3 Å². The molecular weight excluding hydrogens is 196 g/mol. The van der Waals surface area contributed by atoms with Gasteiger partial charge in [-0.25, -0.2) is 0 Å². The van der Waals surface area contributed by atoms with E-state index in [1.807, 2.05) is 0 Å². The Morgan fingerprint density at radius 3 is 2.50 bits per heavy atom. The smallest absolute Gasteiger partial charge is 0.0698 e. The summed E-state index contributed by atoms with van der Waals surface area (Å²) in [4.78, 5) is 5.06. The highest BCUT2D eigenvalue weighted by Gasteiger charge is 2.51. The van der Waals surface area contributed by atoms with E-state index in [9.17, 15) is 0 Å². The molecule has 0 aromatic heterocycles. The van der Waals surface area contributed by atoms with Crippen molar-refractivity contribution in [3.05, 3.63) is 29.8 Å². The molecule has 0 radical (unpaired) electrons. The van der Waals surface area contributed by atoms with Gasteiger partial charge < -0.3 is 9.80 Å². The number of benzene rings is 1. The van der Waals surface area contributed by atoms with E-state index in [1.54, 1.807) is 0 Å². The van der Waals surface area contributed by atoms with Crippen LogP contribution >= 0.6 is 0 Å². The third kappa shape index (κ3) is 1.23. The second-order valence-electron chi connectivity index (χ2n) is 5.67. The van der Waals surface area contributed by atoms with Crippen LogP contribution in [0.25, 0.3) is 0 Å². The van der Waals surface area contributed by atoms with Gasteiger partial charge in [0.15, 0.2) is 0 Å². The van der Waals surface area contributed by atoms with Crippen LogP contribution in [0.5, 0.6) is 0 Å². The molecule has 3 rings (SSSR count). The Labute approximate surface area is 97.9 Å². The molecule has 0 unspecified atom stereocenters. The van der Waals surface area contributed by atoms with Gasteiger partial charge in [0.2, 0.25) is 0 Å². The molecule has 0 atom stereocenters. The van der Waals surface area contributed by atoms with Crippen molar-refractivity contribution in [2.24, 2.45) is 0 Å². The van der Waals surface area contributed by atoms with E-state index < -0.39 is 0 Å². The summed E-state index contributed by atoms with van der Waals surface area (Å²) in [5.41, 5.74) is 3.39. The Hall–Kier alpha value is -1.02. The second-order valence-corrected chi connectivity index (χ2v) is 5.67. The Morgan fingerprint density at radius 2 is 1.88 bits per heavy atom. The van der Waals surface area contributed by atoms with Crippen LogP contribution in [0, 0.1) is 0 Å². The normalized spacial score (nSPS) is 22.6. The lowest BCUT2D eigenvalue weighted by Crippen LogP contribution is -2.69. The Kier molecular flexibility index (Phi) is 2.05. The number of likely N-dealkylation sites (N-methyl/N-ethyl adjacent to an activating group) is 1. The zero-order chi connectivity index (χ0) is 11.3. The summed E-state index contributed by atoms with van der Waals surface area (Å²) in [6.07, 6.45) is 1.23. The summed E-state index contributed by atoms with van der Waals surface area (Å²) < 4.78 is 0. The summed E-state index contributed by atoms with van der Waals surface area (Å²) in [5.74, 6) is 0. The molecule has 0 N–H and O–H groups in total. The quantitative estimate of drug-likeness (QED) is 0.709.